The highest BCUT2D eigenvalue weighted by Gasteiger charge is 2.15. The summed E-state index contributed by atoms with van der Waals surface area (Å²) in [6.07, 6.45) is 1.96. The summed E-state index contributed by atoms with van der Waals surface area (Å²) >= 11 is 1.22. The van der Waals surface area contributed by atoms with Crippen LogP contribution < -0.4 is 4.72 Å². The maximum absolute atomic E-state index is 12.1. The van der Waals surface area contributed by atoms with Crippen molar-refractivity contribution in [3.05, 3.63) is 77.4 Å². The van der Waals surface area contributed by atoms with Crippen molar-refractivity contribution in [2.24, 2.45) is 0 Å². The van der Waals surface area contributed by atoms with Crippen LogP contribution in [0.5, 0.6) is 0 Å². The predicted molar refractivity (Wildman–Crippen MR) is 88.3 cm³/mol. The van der Waals surface area contributed by atoms with Crippen molar-refractivity contribution in [3.8, 4) is 0 Å². The average Bonchev–Trinajstić information content (AvgIpc) is 3.18. The molecule has 2 aromatic heterocycles. The van der Waals surface area contributed by atoms with E-state index in [1.165, 1.54) is 16.9 Å². The van der Waals surface area contributed by atoms with Crippen LogP contribution in [0.15, 0.2) is 70.4 Å². The highest BCUT2D eigenvalue weighted by molar-refractivity contribution is 7.91. The van der Waals surface area contributed by atoms with Crippen LogP contribution in [0.3, 0.4) is 0 Å². The zero-order valence-corrected chi connectivity index (χ0v) is 13.5. The molecule has 1 aromatic carbocycles. The van der Waals surface area contributed by atoms with Gasteiger partial charge in [0.15, 0.2) is 0 Å². The molecule has 0 spiro atoms. The van der Waals surface area contributed by atoms with Gasteiger partial charge in [0.05, 0.1) is 6.54 Å². The number of rotatable bonds is 6. The van der Waals surface area contributed by atoms with Crippen molar-refractivity contribution in [3.63, 3.8) is 0 Å². The summed E-state index contributed by atoms with van der Waals surface area (Å²) in [7, 11) is -3.43. The standard InChI is InChI=1S/C16H16N2O2S2/c19-22(20,16-9-5-11-21-16)17-12-15-8-4-10-18(15)13-14-6-2-1-3-7-14/h1-11,17H,12-13H2. The molecule has 0 amide bonds. The summed E-state index contributed by atoms with van der Waals surface area (Å²) in [5.41, 5.74) is 2.12. The fourth-order valence-electron chi connectivity index (χ4n) is 2.20. The molecule has 1 N–H and O–H groups in total. The van der Waals surface area contributed by atoms with Crippen LogP contribution >= 0.6 is 11.3 Å². The molecule has 0 bridgehead atoms. The minimum atomic E-state index is -3.43. The Morgan fingerprint density at radius 2 is 1.82 bits per heavy atom. The molecule has 114 valence electrons. The van der Waals surface area contributed by atoms with E-state index in [9.17, 15) is 8.42 Å². The van der Waals surface area contributed by atoms with E-state index in [4.69, 9.17) is 0 Å². The first-order valence-electron chi connectivity index (χ1n) is 6.86. The lowest BCUT2D eigenvalue weighted by atomic mass is 10.2. The van der Waals surface area contributed by atoms with Crippen LogP contribution in [0.1, 0.15) is 11.3 Å². The lowest BCUT2D eigenvalue weighted by Crippen LogP contribution is -2.23. The molecular weight excluding hydrogens is 316 g/mol. The molecule has 0 aliphatic carbocycles. The van der Waals surface area contributed by atoms with E-state index in [0.29, 0.717) is 4.21 Å². The smallest absolute Gasteiger partial charge is 0.250 e. The number of aromatic nitrogens is 1. The molecule has 0 unspecified atom stereocenters. The largest absolute Gasteiger partial charge is 0.346 e. The molecule has 0 fully saturated rings. The zero-order valence-electron chi connectivity index (χ0n) is 11.8. The van der Waals surface area contributed by atoms with E-state index in [1.54, 1.807) is 17.5 Å². The van der Waals surface area contributed by atoms with Gasteiger partial charge in [0.2, 0.25) is 10.0 Å². The molecule has 0 saturated carbocycles. The summed E-state index contributed by atoms with van der Waals surface area (Å²) in [6.45, 7) is 1.00. The summed E-state index contributed by atoms with van der Waals surface area (Å²) in [5.74, 6) is 0. The van der Waals surface area contributed by atoms with Crippen LogP contribution in [0, 0.1) is 0 Å². The second-order valence-corrected chi connectivity index (χ2v) is 7.81. The first-order valence-corrected chi connectivity index (χ1v) is 9.22. The quantitative estimate of drug-likeness (QED) is 0.754. The Bertz CT molecular complexity index is 822. The van der Waals surface area contributed by atoms with E-state index in [0.717, 1.165) is 12.2 Å². The van der Waals surface area contributed by atoms with E-state index in [1.807, 2.05) is 41.1 Å². The van der Waals surface area contributed by atoms with Gasteiger partial charge in [0, 0.05) is 18.4 Å². The number of hydrogen-bond acceptors (Lipinski definition) is 3. The number of nitrogens with one attached hydrogen (secondary N) is 1. The molecule has 22 heavy (non-hydrogen) atoms. The van der Waals surface area contributed by atoms with Crippen molar-refractivity contribution in [2.75, 3.05) is 0 Å². The lowest BCUT2D eigenvalue weighted by Gasteiger charge is -2.10. The Morgan fingerprint density at radius 1 is 1.00 bits per heavy atom. The molecule has 4 nitrogen and oxygen atoms in total. The van der Waals surface area contributed by atoms with Gasteiger partial charge in [-0.2, -0.15) is 0 Å². The van der Waals surface area contributed by atoms with Crippen molar-refractivity contribution < 1.29 is 8.42 Å². The van der Waals surface area contributed by atoms with Gasteiger partial charge in [-0.05, 0) is 29.1 Å². The zero-order chi connectivity index (χ0) is 15.4. The van der Waals surface area contributed by atoms with Gasteiger partial charge in [-0.15, -0.1) is 11.3 Å². The van der Waals surface area contributed by atoms with Gasteiger partial charge in [0.25, 0.3) is 0 Å². The highest BCUT2D eigenvalue weighted by Crippen LogP contribution is 2.16. The van der Waals surface area contributed by atoms with Gasteiger partial charge < -0.3 is 4.57 Å². The first-order chi connectivity index (χ1) is 10.6. The predicted octanol–water partition coefficient (Wildman–Crippen LogP) is 3.08. The minimum Gasteiger partial charge on any atom is -0.346 e. The van der Waals surface area contributed by atoms with Crippen LogP contribution in [0.25, 0.3) is 0 Å². The normalized spacial score (nSPS) is 11.6. The monoisotopic (exact) mass is 332 g/mol. The number of nitrogens with zero attached hydrogens (tertiary/aromatic N) is 1. The second-order valence-electron chi connectivity index (χ2n) is 4.87. The Balaban J connectivity index is 1.71. The molecule has 6 heteroatoms. The average molecular weight is 332 g/mol. The molecule has 2 heterocycles. The van der Waals surface area contributed by atoms with Crippen LogP contribution in [-0.2, 0) is 23.1 Å². The molecule has 0 saturated heterocycles. The van der Waals surface area contributed by atoms with Gasteiger partial charge >= 0.3 is 0 Å². The van der Waals surface area contributed by atoms with E-state index in [2.05, 4.69) is 16.9 Å². The SMILES string of the molecule is O=S(=O)(NCc1cccn1Cc1ccccc1)c1cccs1. The maximum atomic E-state index is 12.1. The number of hydrogen-bond donors (Lipinski definition) is 1. The van der Waals surface area contributed by atoms with Crippen molar-refractivity contribution >= 4 is 21.4 Å². The third kappa shape index (κ3) is 3.47. The molecule has 0 atom stereocenters. The Hall–Kier alpha value is -1.89. The summed E-state index contributed by atoms with van der Waals surface area (Å²) in [5, 5.41) is 1.76. The topological polar surface area (TPSA) is 51.1 Å². The van der Waals surface area contributed by atoms with Crippen LogP contribution in [-0.4, -0.2) is 13.0 Å². The van der Waals surface area contributed by atoms with Gasteiger partial charge in [-0.25, -0.2) is 13.1 Å². The minimum absolute atomic E-state index is 0.278. The highest BCUT2D eigenvalue weighted by atomic mass is 32.2. The lowest BCUT2D eigenvalue weighted by molar-refractivity contribution is 0.580. The first kappa shape index (κ1) is 15.0. The molecule has 0 radical (unpaired) electrons. The summed E-state index contributed by atoms with van der Waals surface area (Å²) in [4.78, 5) is 0. The Labute approximate surface area is 134 Å². The number of thiophene rings is 1. The van der Waals surface area contributed by atoms with Crippen LogP contribution in [0.4, 0.5) is 0 Å². The van der Waals surface area contributed by atoms with Gasteiger partial charge in [-0.3, -0.25) is 0 Å². The molecule has 3 rings (SSSR count). The number of benzene rings is 1. The van der Waals surface area contributed by atoms with Gasteiger partial charge in [-0.1, -0.05) is 36.4 Å². The van der Waals surface area contributed by atoms with E-state index in [-0.39, 0.29) is 6.54 Å². The van der Waals surface area contributed by atoms with Crippen molar-refractivity contribution in [2.45, 2.75) is 17.3 Å². The molecule has 0 aliphatic rings. The van der Waals surface area contributed by atoms with Crippen molar-refractivity contribution in [1.29, 1.82) is 0 Å². The van der Waals surface area contributed by atoms with Crippen molar-refractivity contribution in [1.82, 2.24) is 9.29 Å². The summed E-state index contributed by atoms with van der Waals surface area (Å²) in [6, 6.07) is 17.3. The van der Waals surface area contributed by atoms with Crippen LogP contribution in [0.2, 0.25) is 0 Å². The second kappa shape index (κ2) is 6.48. The third-order valence-electron chi connectivity index (χ3n) is 3.32. The molecule has 3 aromatic rings. The Kier molecular flexibility index (Phi) is 4.42. The fraction of sp³-hybridized carbons (Fsp3) is 0.125. The summed E-state index contributed by atoms with van der Waals surface area (Å²) < 4.78 is 29.3. The van der Waals surface area contributed by atoms with E-state index >= 15 is 0 Å². The van der Waals surface area contributed by atoms with E-state index < -0.39 is 10.0 Å². The maximum Gasteiger partial charge on any atom is 0.250 e. The number of sulfonamides is 1. The Morgan fingerprint density at radius 3 is 2.55 bits per heavy atom. The molecular formula is C16H16N2O2S2. The molecule has 0 aliphatic heterocycles. The third-order valence-corrected chi connectivity index (χ3v) is 6.12. The van der Waals surface area contributed by atoms with Gasteiger partial charge in [0.1, 0.15) is 4.21 Å². The fourth-order valence-corrected chi connectivity index (χ4v) is 4.24.